The van der Waals surface area contributed by atoms with Gasteiger partial charge in [-0.15, -0.1) is 0 Å². The molecule has 1 atom stereocenters. The van der Waals surface area contributed by atoms with Crippen LogP contribution in [0.1, 0.15) is 67.7 Å². The molecule has 20 heavy (non-hydrogen) atoms. The molecule has 2 heteroatoms. The summed E-state index contributed by atoms with van der Waals surface area (Å²) in [5.41, 5.74) is 3.30. The lowest BCUT2D eigenvalue weighted by molar-refractivity contribution is 0.150. The van der Waals surface area contributed by atoms with Crippen molar-refractivity contribution in [3.8, 4) is 5.75 Å². The molecule has 2 nitrogen and oxygen atoms in total. The van der Waals surface area contributed by atoms with Crippen LogP contribution in [0.25, 0.3) is 0 Å². The number of aryl methyl sites for hydroxylation is 2. The van der Waals surface area contributed by atoms with E-state index in [4.69, 9.17) is 4.74 Å². The second-order valence-corrected chi connectivity index (χ2v) is 6.28. The van der Waals surface area contributed by atoms with Gasteiger partial charge in [0.1, 0.15) is 5.75 Å². The molecule has 1 aliphatic rings. The minimum atomic E-state index is -0.332. The molecule has 2 rings (SSSR count). The summed E-state index contributed by atoms with van der Waals surface area (Å²) < 4.78 is 5.33. The van der Waals surface area contributed by atoms with Crippen molar-refractivity contribution in [3.05, 3.63) is 28.8 Å². The smallest absolute Gasteiger partial charge is 0.122 e. The van der Waals surface area contributed by atoms with E-state index in [1.54, 1.807) is 7.11 Å². The van der Waals surface area contributed by atoms with E-state index in [9.17, 15) is 5.11 Å². The molecule has 1 fully saturated rings. The zero-order valence-electron chi connectivity index (χ0n) is 13.1. The average Bonchev–Trinajstić information content (AvgIpc) is 2.47. The van der Waals surface area contributed by atoms with Crippen molar-refractivity contribution >= 4 is 0 Å². The van der Waals surface area contributed by atoms with E-state index in [2.05, 4.69) is 13.0 Å². The fourth-order valence-corrected chi connectivity index (χ4v) is 3.42. The lowest BCUT2D eigenvalue weighted by atomic mass is 9.84. The average molecular weight is 276 g/mol. The Morgan fingerprint density at radius 3 is 2.50 bits per heavy atom. The predicted octanol–water partition coefficient (Wildman–Crippen LogP) is 4.71. The Labute approximate surface area is 123 Å². The Bertz CT molecular complexity index is 433. The van der Waals surface area contributed by atoms with Gasteiger partial charge in [0.2, 0.25) is 0 Å². The highest BCUT2D eigenvalue weighted by Crippen LogP contribution is 2.33. The highest BCUT2D eigenvalue weighted by Gasteiger charge is 2.17. The Morgan fingerprint density at radius 2 is 1.85 bits per heavy atom. The first kappa shape index (κ1) is 15.4. The molecule has 1 N–H and O–H groups in total. The maximum atomic E-state index is 10.5. The van der Waals surface area contributed by atoms with Crippen LogP contribution in [-0.4, -0.2) is 12.2 Å². The number of aliphatic hydroxyl groups is 1. The standard InChI is InChI=1S/C18H28O2/c1-13-12-18(20-3)14(2)11-16(13)17(19)10-9-15-7-5-4-6-8-15/h11-12,15,17,19H,4-10H2,1-3H3. The molecule has 0 amide bonds. The number of methoxy groups -OCH3 is 1. The van der Waals surface area contributed by atoms with Gasteiger partial charge >= 0.3 is 0 Å². The van der Waals surface area contributed by atoms with Gasteiger partial charge in [0.15, 0.2) is 0 Å². The first-order valence-corrected chi connectivity index (χ1v) is 7.95. The summed E-state index contributed by atoms with van der Waals surface area (Å²) in [7, 11) is 1.70. The fourth-order valence-electron chi connectivity index (χ4n) is 3.42. The van der Waals surface area contributed by atoms with E-state index >= 15 is 0 Å². The molecule has 1 unspecified atom stereocenters. The molecular weight excluding hydrogens is 248 g/mol. The molecule has 0 aromatic heterocycles. The maximum Gasteiger partial charge on any atom is 0.122 e. The Balaban J connectivity index is 1.97. The van der Waals surface area contributed by atoms with Crippen LogP contribution in [0.15, 0.2) is 12.1 Å². The van der Waals surface area contributed by atoms with Gasteiger partial charge in [-0.05, 0) is 61.4 Å². The topological polar surface area (TPSA) is 29.5 Å². The van der Waals surface area contributed by atoms with Gasteiger partial charge in [-0.25, -0.2) is 0 Å². The van der Waals surface area contributed by atoms with E-state index < -0.39 is 0 Å². The Hall–Kier alpha value is -1.02. The molecule has 0 spiro atoms. The van der Waals surface area contributed by atoms with E-state index in [-0.39, 0.29) is 6.10 Å². The van der Waals surface area contributed by atoms with E-state index in [0.29, 0.717) is 0 Å². The summed E-state index contributed by atoms with van der Waals surface area (Å²) in [6, 6.07) is 4.12. The van der Waals surface area contributed by atoms with Crippen LogP contribution in [0, 0.1) is 19.8 Å². The number of hydrogen-bond donors (Lipinski definition) is 1. The van der Waals surface area contributed by atoms with Crippen molar-refractivity contribution in [2.75, 3.05) is 7.11 Å². The van der Waals surface area contributed by atoms with Gasteiger partial charge in [-0.1, -0.05) is 32.1 Å². The van der Waals surface area contributed by atoms with Crippen LogP contribution in [-0.2, 0) is 0 Å². The number of aliphatic hydroxyl groups excluding tert-OH is 1. The Morgan fingerprint density at radius 1 is 1.15 bits per heavy atom. The van der Waals surface area contributed by atoms with Gasteiger partial charge in [0, 0.05) is 0 Å². The van der Waals surface area contributed by atoms with Crippen LogP contribution < -0.4 is 4.74 Å². The molecule has 1 aromatic rings. The zero-order valence-corrected chi connectivity index (χ0v) is 13.1. The summed E-state index contributed by atoms with van der Waals surface area (Å²) in [5.74, 6) is 1.74. The van der Waals surface area contributed by atoms with Gasteiger partial charge in [-0.3, -0.25) is 0 Å². The minimum Gasteiger partial charge on any atom is -0.496 e. The monoisotopic (exact) mass is 276 g/mol. The van der Waals surface area contributed by atoms with Crippen LogP contribution >= 0.6 is 0 Å². The molecule has 1 aliphatic carbocycles. The molecule has 0 aliphatic heterocycles. The number of rotatable bonds is 5. The van der Waals surface area contributed by atoms with E-state index in [1.165, 1.54) is 32.1 Å². The van der Waals surface area contributed by atoms with Crippen LogP contribution in [0.2, 0.25) is 0 Å². The second-order valence-electron chi connectivity index (χ2n) is 6.28. The summed E-state index contributed by atoms with van der Waals surface area (Å²) in [4.78, 5) is 0. The molecule has 112 valence electrons. The number of hydrogen-bond acceptors (Lipinski definition) is 2. The number of ether oxygens (including phenoxy) is 1. The van der Waals surface area contributed by atoms with Crippen molar-refractivity contribution in [2.45, 2.75) is 64.9 Å². The van der Waals surface area contributed by atoms with Crippen LogP contribution in [0.4, 0.5) is 0 Å². The van der Waals surface area contributed by atoms with Crippen LogP contribution in [0.5, 0.6) is 5.75 Å². The second kappa shape index (κ2) is 7.12. The third-order valence-electron chi connectivity index (χ3n) is 4.72. The SMILES string of the molecule is COc1cc(C)c(C(O)CCC2CCCCC2)cc1C. The summed E-state index contributed by atoms with van der Waals surface area (Å²) in [6.45, 7) is 4.09. The number of benzene rings is 1. The third-order valence-corrected chi connectivity index (χ3v) is 4.72. The van der Waals surface area contributed by atoms with Crippen molar-refractivity contribution in [2.24, 2.45) is 5.92 Å². The highest BCUT2D eigenvalue weighted by molar-refractivity contribution is 5.42. The largest absolute Gasteiger partial charge is 0.496 e. The van der Waals surface area contributed by atoms with Crippen molar-refractivity contribution in [1.82, 2.24) is 0 Å². The molecule has 0 bridgehead atoms. The van der Waals surface area contributed by atoms with Gasteiger partial charge < -0.3 is 9.84 Å². The maximum absolute atomic E-state index is 10.5. The van der Waals surface area contributed by atoms with Crippen molar-refractivity contribution in [1.29, 1.82) is 0 Å². The predicted molar refractivity (Wildman–Crippen MR) is 83.2 cm³/mol. The summed E-state index contributed by atoms with van der Waals surface area (Å²) >= 11 is 0. The molecule has 0 heterocycles. The molecule has 0 radical (unpaired) electrons. The molecule has 1 aromatic carbocycles. The first-order chi connectivity index (χ1) is 9.61. The lowest BCUT2D eigenvalue weighted by Gasteiger charge is -2.23. The zero-order chi connectivity index (χ0) is 14.5. The highest BCUT2D eigenvalue weighted by atomic mass is 16.5. The normalized spacial score (nSPS) is 18.0. The van der Waals surface area contributed by atoms with Crippen LogP contribution in [0.3, 0.4) is 0 Å². The fraction of sp³-hybridized carbons (Fsp3) is 0.667. The van der Waals surface area contributed by atoms with E-state index in [0.717, 1.165) is 41.2 Å². The molecule has 1 saturated carbocycles. The quantitative estimate of drug-likeness (QED) is 0.844. The first-order valence-electron chi connectivity index (χ1n) is 7.95. The third kappa shape index (κ3) is 3.76. The van der Waals surface area contributed by atoms with Crippen molar-refractivity contribution in [3.63, 3.8) is 0 Å². The van der Waals surface area contributed by atoms with E-state index in [1.807, 2.05) is 13.0 Å². The van der Waals surface area contributed by atoms with Crippen molar-refractivity contribution < 1.29 is 9.84 Å². The van der Waals surface area contributed by atoms with Gasteiger partial charge in [0.05, 0.1) is 13.2 Å². The summed E-state index contributed by atoms with van der Waals surface area (Å²) in [6.07, 6.45) is 8.57. The molecular formula is C18H28O2. The minimum absolute atomic E-state index is 0.332. The van der Waals surface area contributed by atoms with Gasteiger partial charge in [0.25, 0.3) is 0 Å². The lowest BCUT2D eigenvalue weighted by Crippen LogP contribution is -2.09. The molecule has 0 saturated heterocycles. The van der Waals surface area contributed by atoms with Gasteiger partial charge in [-0.2, -0.15) is 0 Å². The summed E-state index contributed by atoms with van der Waals surface area (Å²) in [5, 5.41) is 10.5. The Kier molecular flexibility index (Phi) is 5.47.